The highest BCUT2D eigenvalue weighted by molar-refractivity contribution is 6.32. The van der Waals surface area contributed by atoms with E-state index in [1.807, 2.05) is 18.3 Å². The summed E-state index contributed by atoms with van der Waals surface area (Å²) in [7, 11) is 3.73. The number of methoxy groups -OCH3 is 1. The molecule has 138 valence electrons. The first-order chi connectivity index (χ1) is 12.6. The summed E-state index contributed by atoms with van der Waals surface area (Å²) < 4.78 is 5.15. The summed E-state index contributed by atoms with van der Waals surface area (Å²) in [6, 6.07) is 9.83. The monoisotopic (exact) mass is 373 g/mol. The Hall–Kier alpha value is -2.31. The second kappa shape index (κ2) is 8.38. The molecule has 1 fully saturated rings. The number of aliphatic imine (C=N–C) groups is 1. The third-order valence-electron chi connectivity index (χ3n) is 4.72. The van der Waals surface area contributed by atoms with Crippen molar-refractivity contribution in [3.8, 4) is 5.75 Å². The second-order valence-corrected chi connectivity index (χ2v) is 6.87. The van der Waals surface area contributed by atoms with Crippen molar-refractivity contribution < 1.29 is 4.74 Å². The smallest absolute Gasteiger partial charge is 0.193 e. The fourth-order valence-electron chi connectivity index (χ4n) is 3.44. The van der Waals surface area contributed by atoms with Crippen molar-refractivity contribution in [1.82, 2.24) is 9.88 Å². The highest BCUT2D eigenvalue weighted by Gasteiger charge is 2.32. The third-order valence-corrected chi connectivity index (χ3v) is 5.02. The molecule has 1 aromatic heterocycles. The normalized spacial score (nSPS) is 21.0. The van der Waals surface area contributed by atoms with Gasteiger partial charge in [-0.05, 0) is 55.8 Å². The van der Waals surface area contributed by atoms with Gasteiger partial charge < -0.3 is 15.8 Å². The van der Waals surface area contributed by atoms with Gasteiger partial charge in [-0.2, -0.15) is 0 Å². The molecule has 26 heavy (non-hydrogen) atoms. The molecule has 1 aliphatic rings. The third kappa shape index (κ3) is 4.26. The van der Waals surface area contributed by atoms with Crippen LogP contribution in [0.3, 0.4) is 0 Å². The molecule has 0 amide bonds. The molecule has 2 aromatic rings. The van der Waals surface area contributed by atoms with Crippen molar-refractivity contribution in [2.45, 2.75) is 12.5 Å². The van der Waals surface area contributed by atoms with Gasteiger partial charge in [0, 0.05) is 30.7 Å². The Morgan fingerprint density at radius 1 is 1.46 bits per heavy atom. The van der Waals surface area contributed by atoms with Crippen LogP contribution < -0.4 is 15.8 Å². The number of pyridine rings is 1. The summed E-state index contributed by atoms with van der Waals surface area (Å²) in [6.07, 6.45) is 4.82. The minimum Gasteiger partial charge on any atom is -0.495 e. The number of benzene rings is 1. The Labute approximate surface area is 159 Å². The van der Waals surface area contributed by atoms with Crippen molar-refractivity contribution in [2.75, 3.05) is 32.6 Å². The van der Waals surface area contributed by atoms with Gasteiger partial charge in [-0.1, -0.05) is 17.7 Å². The average molecular weight is 374 g/mol. The quantitative estimate of drug-likeness (QED) is 0.622. The van der Waals surface area contributed by atoms with E-state index in [0.717, 1.165) is 18.7 Å². The minimum atomic E-state index is 0.315. The van der Waals surface area contributed by atoms with E-state index in [0.29, 0.717) is 35.2 Å². The first-order valence-electron chi connectivity index (χ1n) is 8.59. The number of hydrogen-bond acceptors (Lipinski definition) is 4. The van der Waals surface area contributed by atoms with Gasteiger partial charge in [0.2, 0.25) is 0 Å². The first kappa shape index (κ1) is 18.5. The number of nitrogens with zero attached hydrogens (tertiary/aromatic N) is 3. The van der Waals surface area contributed by atoms with E-state index in [9.17, 15) is 0 Å². The summed E-state index contributed by atoms with van der Waals surface area (Å²) in [5.74, 6) is 1.41. The molecule has 3 rings (SSSR count). The summed E-state index contributed by atoms with van der Waals surface area (Å²) in [5.41, 5.74) is 8.07. The summed E-state index contributed by atoms with van der Waals surface area (Å²) in [4.78, 5) is 11.1. The van der Waals surface area contributed by atoms with Crippen molar-refractivity contribution in [3.63, 3.8) is 0 Å². The van der Waals surface area contributed by atoms with Gasteiger partial charge in [0.1, 0.15) is 5.75 Å². The van der Waals surface area contributed by atoms with E-state index in [1.54, 1.807) is 25.4 Å². The molecule has 0 saturated carbocycles. The molecule has 1 aliphatic heterocycles. The van der Waals surface area contributed by atoms with E-state index in [-0.39, 0.29) is 0 Å². The van der Waals surface area contributed by atoms with Crippen LogP contribution in [0.25, 0.3) is 0 Å². The van der Waals surface area contributed by atoms with Gasteiger partial charge in [-0.25, -0.2) is 0 Å². The number of nitrogens with one attached hydrogen (secondary N) is 1. The van der Waals surface area contributed by atoms with Crippen molar-refractivity contribution in [1.29, 1.82) is 0 Å². The minimum absolute atomic E-state index is 0.315. The fourth-order valence-corrected chi connectivity index (χ4v) is 3.70. The molecule has 0 bridgehead atoms. The summed E-state index contributed by atoms with van der Waals surface area (Å²) >= 11 is 6.14. The Balaban J connectivity index is 1.65. The Bertz CT molecular complexity index is 768. The van der Waals surface area contributed by atoms with E-state index >= 15 is 0 Å². The fraction of sp³-hybridized carbons (Fsp3) is 0.368. The van der Waals surface area contributed by atoms with Crippen molar-refractivity contribution in [3.05, 3.63) is 53.3 Å². The lowest BCUT2D eigenvalue weighted by molar-refractivity contribution is 0.279. The predicted octanol–water partition coefficient (Wildman–Crippen LogP) is 3.16. The van der Waals surface area contributed by atoms with Crippen LogP contribution in [0.5, 0.6) is 5.75 Å². The Morgan fingerprint density at radius 3 is 3.00 bits per heavy atom. The van der Waals surface area contributed by atoms with Gasteiger partial charge in [0.15, 0.2) is 5.96 Å². The Morgan fingerprint density at radius 2 is 2.31 bits per heavy atom. The number of likely N-dealkylation sites (tertiary alicyclic amines) is 1. The SMILES string of the molecule is COc1ccc(NC(N)=NC[C@@H]2CCN(C)[C@H]2c2cccnc2)cc1Cl. The summed E-state index contributed by atoms with van der Waals surface area (Å²) in [5, 5.41) is 3.61. The topological polar surface area (TPSA) is 75.8 Å². The van der Waals surface area contributed by atoms with Gasteiger partial charge in [0.25, 0.3) is 0 Å². The van der Waals surface area contributed by atoms with Crippen LogP contribution in [0.2, 0.25) is 5.02 Å². The zero-order valence-electron chi connectivity index (χ0n) is 15.0. The number of nitrogens with two attached hydrogens (primary N) is 1. The van der Waals surface area contributed by atoms with Crippen LogP contribution in [-0.4, -0.2) is 43.1 Å². The number of guanidine groups is 1. The van der Waals surface area contributed by atoms with Crippen LogP contribution in [0.4, 0.5) is 5.69 Å². The van der Waals surface area contributed by atoms with Gasteiger partial charge in [0.05, 0.1) is 12.1 Å². The van der Waals surface area contributed by atoms with Crippen LogP contribution in [0.1, 0.15) is 18.0 Å². The van der Waals surface area contributed by atoms with Crippen LogP contribution in [0.15, 0.2) is 47.7 Å². The maximum absolute atomic E-state index is 6.14. The number of hydrogen-bond donors (Lipinski definition) is 2. The number of anilines is 1. The van der Waals surface area contributed by atoms with Crippen molar-refractivity contribution in [2.24, 2.45) is 16.6 Å². The Kier molecular flexibility index (Phi) is 5.96. The lowest BCUT2D eigenvalue weighted by Gasteiger charge is -2.24. The molecular weight excluding hydrogens is 350 g/mol. The molecule has 1 aromatic carbocycles. The zero-order chi connectivity index (χ0) is 18.5. The highest BCUT2D eigenvalue weighted by atomic mass is 35.5. The predicted molar refractivity (Wildman–Crippen MR) is 106 cm³/mol. The van der Waals surface area contributed by atoms with Gasteiger partial charge >= 0.3 is 0 Å². The molecular formula is C19H24ClN5O. The largest absolute Gasteiger partial charge is 0.495 e. The maximum atomic E-state index is 6.14. The molecule has 0 spiro atoms. The molecule has 0 unspecified atom stereocenters. The van der Waals surface area contributed by atoms with E-state index in [1.165, 1.54) is 5.56 Å². The number of aromatic nitrogens is 1. The standard InChI is InChI=1S/C19H24ClN5O/c1-25-9-7-14(18(25)13-4-3-8-22-11-13)12-23-19(21)24-15-5-6-17(26-2)16(20)10-15/h3-6,8,10-11,14,18H,7,9,12H2,1-2H3,(H3,21,23,24)/t14-,18-/m0/s1. The molecule has 6 nitrogen and oxygen atoms in total. The van der Waals surface area contributed by atoms with E-state index in [2.05, 4.69) is 33.3 Å². The molecule has 2 atom stereocenters. The zero-order valence-corrected chi connectivity index (χ0v) is 15.8. The average Bonchev–Trinajstić information content (AvgIpc) is 3.01. The number of rotatable bonds is 5. The lowest BCUT2D eigenvalue weighted by atomic mass is 9.95. The van der Waals surface area contributed by atoms with Gasteiger partial charge in [-0.3, -0.25) is 14.9 Å². The molecule has 7 heteroatoms. The molecule has 2 heterocycles. The molecule has 0 radical (unpaired) electrons. The number of halogens is 1. The molecule has 3 N–H and O–H groups in total. The lowest BCUT2D eigenvalue weighted by Crippen LogP contribution is -2.26. The van der Waals surface area contributed by atoms with Crippen molar-refractivity contribution >= 4 is 23.2 Å². The van der Waals surface area contributed by atoms with Gasteiger partial charge in [-0.15, -0.1) is 0 Å². The second-order valence-electron chi connectivity index (χ2n) is 6.46. The van der Waals surface area contributed by atoms with Crippen LogP contribution in [0, 0.1) is 5.92 Å². The maximum Gasteiger partial charge on any atom is 0.193 e. The van der Waals surface area contributed by atoms with Crippen LogP contribution in [-0.2, 0) is 0 Å². The van der Waals surface area contributed by atoms with Crippen LogP contribution >= 0.6 is 11.6 Å². The van der Waals surface area contributed by atoms with E-state index < -0.39 is 0 Å². The summed E-state index contributed by atoms with van der Waals surface area (Å²) in [6.45, 7) is 1.70. The van der Waals surface area contributed by atoms with E-state index in [4.69, 9.17) is 22.1 Å². The highest BCUT2D eigenvalue weighted by Crippen LogP contribution is 2.35. The molecule has 0 aliphatic carbocycles. The first-order valence-corrected chi connectivity index (χ1v) is 8.97. The molecule has 1 saturated heterocycles. The number of ether oxygens (including phenoxy) is 1.